The van der Waals surface area contributed by atoms with E-state index in [0.717, 1.165) is 12.8 Å². The lowest BCUT2D eigenvalue weighted by molar-refractivity contribution is -0.193. The minimum Gasteiger partial charge on any atom is -0.467 e. The zero-order valence-corrected chi connectivity index (χ0v) is 21.9. The first-order chi connectivity index (χ1) is 16.1. The van der Waals surface area contributed by atoms with Crippen molar-refractivity contribution in [3.05, 3.63) is 35.9 Å². The molecule has 0 radical (unpaired) electrons. The largest absolute Gasteiger partial charge is 0.467 e. The zero-order chi connectivity index (χ0) is 25.4. The molecule has 3 atom stereocenters. The van der Waals surface area contributed by atoms with Crippen molar-refractivity contribution < 1.29 is 28.6 Å². The number of esters is 2. The van der Waals surface area contributed by atoms with Gasteiger partial charge in [0.05, 0.1) is 7.11 Å². The first-order valence-electron chi connectivity index (χ1n) is 11.6. The van der Waals surface area contributed by atoms with E-state index in [-0.39, 0.29) is 0 Å². The third-order valence-electron chi connectivity index (χ3n) is 5.78. The maximum absolute atomic E-state index is 13.9. The van der Waals surface area contributed by atoms with Crippen molar-refractivity contribution in [2.45, 2.75) is 63.3 Å². The van der Waals surface area contributed by atoms with Crippen LogP contribution in [0.4, 0.5) is 0 Å². The number of methoxy groups -OCH3 is 2. The van der Waals surface area contributed by atoms with Gasteiger partial charge in [-0.05, 0) is 70.7 Å². The van der Waals surface area contributed by atoms with Gasteiger partial charge in [0.15, 0.2) is 0 Å². The van der Waals surface area contributed by atoms with Crippen molar-refractivity contribution in [2.24, 2.45) is 0 Å². The molecule has 1 aliphatic rings. The number of likely N-dealkylation sites (tertiary alicyclic amines) is 1. The number of amides is 1. The minimum absolute atomic E-state index is 0.407. The van der Waals surface area contributed by atoms with E-state index in [9.17, 15) is 14.4 Å². The number of benzene rings is 1. The topological polar surface area (TPSA) is 94.2 Å². The number of thioether (sulfide) groups is 1. The van der Waals surface area contributed by atoms with Crippen molar-refractivity contribution in [1.29, 1.82) is 0 Å². The number of hydrogen-bond acceptors (Lipinski definition) is 8. The molecule has 0 bridgehead atoms. The molecular formula is C25H38N2O6S. The summed E-state index contributed by atoms with van der Waals surface area (Å²) in [7, 11) is 2.71. The first kappa shape index (κ1) is 28.1. The molecule has 1 aliphatic heterocycles. The van der Waals surface area contributed by atoms with Gasteiger partial charge in [-0.1, -0.05) is 30.3 Å². The first-order valence-corrected chi connectivity index (χ1v) is 13.0. The van der Waals surface area contributed by atoms with Crippen molar-refractivity contribution in [1.82, 2.24) is 10.2 Å². The van der Waals surface area contributed by atoms with Gasteiger partial charge in [-0.15, -0.1) is 0 Å². The van der Waals surface area contributed by atoms with E-state index in [0.29, 0.717) is 30.8 Å². The Morgan fingerprint density at radius 1 is 1.09 bits per heavy atom. The molecule has 190 valence electrons. The highest BCUT2D eigenvalue weighted by molar-refractivity contribution is 7.98. The van der Waals surface area contributed by atoms with E-state index in [1.165, 1.54) is 14.2 Å². The Bertz CT molecular complexity index is 822. The molecule has 1 heterocycles. The molecular weight excluding hydrogens is 456 g/mol. The van der Waals surface area contributed by atoms with Gasteiger partial charge in [-0.3, -0.25) is 9.69 Å². The second-order valence-electron chi connectivity index (χ2n) is 9.32. The summed E-state index contributed by atoms with van der Waals surface area (Å²) in [4.78, 5) is 42.1. The third-order valence-corrected chi connectivity index (χ3v) is 6.42. The summed E-state index contributed by atoms with van der Waals surface area (Å²) in [6.45, 7) is 6.56. The highest BCUT2D eigenvalue weighted by Gasteiger charge is 2.56. The maximum Gasteiger partial charge on any atom is 0.345 e. The molecule has 0 aromatic heterocycles. The van der Waals surface area contributed by atoms with Crippen molar-refractivity contribution in [2.75, 3.05) is 39.3 Å². The summed E-state index contributed by atoms with van der Waals surface area (Å²) in [6, 6.07) is 7.06. The Labute approximate surface area is 207 Å². The molecule has 1 N–H and O–H groups in total. The number of nitrogens with zero attached hydrogens (tertiary/aromatic N) is 1. The zero-order valence-electron chi connectivity index (χ0n) is 21.1. The Morgan fingerprint density at radius 3 is 2.21 bits per heavy atom. The molecule has 0 spiro atoms. The highest BCUT2D eigenvalue weighted by atomic mass is 32.2. The van der Waals surface area contributed by atoms with Crippen LogP contribution in [-0.4, -0.2) is 79.7 Å². The van der Waals surface area contributed by atoms with E-state index >= 15 is 0 Å². The van der Waals surface area contributed by atoms with Crippen LogP contribution in [0.1, 0.15) is 45.6 Å². The number of rotatable bonds is 11. The van der Waals surface area contributed by atoms with Crippen molar-refractivity contribution in [3.63, 3.8) is 0 Å². The molecule has 1 aromatic rings. The van der Waals surface area contributed by atoms with Gasteiger partial charge in [0, 0.05) is 7.11 Å². The number of carbonyl (C=O) groups is 3. The Hall–Kier alpha value is -2.10. The Balaban J connectivity index is 2.60. The lowest BCUT2D eigenvalue weighted by Gasteiger charge is -2.42. The molecule has 8 nitrogen and oxygen atoms in total. The summed E-state index contributed by atoms with van der Waals surface area (Å²) in [5.41, 5.74) is -2.02. The van der Waals surface area contributed by atoms with Gasteiger partial charge in [-0.2, -0.15) is 11.8 Å². The van der Waals surface area contributed by atoms with E-state index < -0.39 is 41.1 Å². The minimum atomic E-state index is -1.73. The van der Waals surface area contributed by atoms with Gasteiger partial charge in [0.25, 0.3) is 0 Å². The van der Waals surface area contributed by atoms with E-state index in [1.54, 1.807) is 56.8 Å². The predicted molar refractivity (Wildman–Crippen MR) is 133 cm³/mol. The normalized spacial score (nSPS) is 17.9. The molecule has 1 fully saturated rings. The van der Waals surface area contributed by atoms with Crippen LogP contribution in [0, 0.1) is 0 Å². The van der Waals surface area contributed by atoms with Crippen LogP contribution in [0.3, 0.4) is 0 Å². The fraction of sp³-hybridized carbons (Fsp3) is 0.640. The van der Waals surface area contributed by atoms with Crippen LogP contribution in [0.5, 0.6) is 0 Å². The average molecular weight is 495 g/mol. The summed E-state index contributed by atoms with van der Waals surface area (Å²) in [6.07, 6.45) is 4.11. The van der Waals surface area contributed by atoms with Gasteiger partial charge in [-0.25, -0.2) is 9.59 Å². The van der Waals surface area contributed by atoms with E-state index in [4.69, 9.17) is 14.2 Å². The molecule has 34 heavy (non-hydrogen) atoms. The standard InChI is InChI=1S/C25H38N2O6S/c1-24(2,3)33-23(30)25(32-5,18-12-8-7-9-13-18)20(27-15-10-11-16-27)21(28)26-19(14-17-34-6)22(29)31-4/h7-9,12-13,19-20H,10-11,14-17H2,1-6H3,(H,26,28)/t19-,20?,25?/m0/s1. The lowest BCUT2D eigenvalue weighted by Crippen LogP contribution is -2.64. The van der Waals surface area contributed by atoms with Crippen LogP contribution >= 0.6 is 11.8 Å². The molecule has 2 rings (SSSR count). The molecule has 2 unspecified atom stereocenters. The molecule has 1 amide bonds. The Kier molecular flexibility index (Phi) is 10.4. The fourth-order valence-electron chi connectivity index (χ4n) is 4.22. The van der Waals surface area contributed by atoms with Crippen LogP contribution in [0.25, 0.3) is 0 Å². The van der Waals surface area contributed by atoms with Gasteiger partial charge >= 0.3 is 11.9 Å². The maximum atomic E-state index is 13.9. The van der Waals surface area contributed by atoms with E-state index in [1.807, 2.05) is 17.2 Å². The summed E-state index contributed by atoms with van der Waals surface area (Å²) in [5, 5.41) is 2.85. The fourth-order valence-corrected chi connectivity index (χ4v) is 4.70. The molecule has 0 saturated carbocycles. The monoisotopic (exact) mass is 494 g/mol. The molecule has 9 heteroatoms. The summed E-state index contributed by atoms with van der Waals surface area (Å²) < 4.78 is 16.7. The average Bonchev–Trinajstić information content (AvgIpc) is 3.32. The highest BCUT2D eigenvalue weighted by Crippen LogP contribution is 2.37. The molecule has 1 saturated heterocycles. The van der Waals surface area contributed by atoms with Gasteiger partial charge in [0.2, 0.25) is 11.5 Å². The van der Waals surface area contributed by atoms with E-state index in [2.05, 4.69) is 5.32 Å². The number of carbonyl (C=O) groups excluding carboxylic acids is 3. The van der Waals surface area contributed by atoms with Gasteiger partial charge in [0.1, 0.15) is 17.7 Å². The smallest absolute Gasteiger partial charge is 0.345 e. The number of ether oxygens (including phenoxy) is 3. The molecule has 0 aliphatic carbocycles. The third kappa shape index (κ3) is 6.73. The van der Waals surface area contributed by atoms with Crippen molar-refractivity contribution in [3.8, 4) is 0 Å². The SMILES string of the molecule is COC(=O)[C@H](CCSC)NC(=O)C(N1CCCC1)C(OC)(C(=O)OC(C)(C)C)c1ccccc1. The second-order valence-corrected chi connectivity index (χ2v) is 10.3. The lowest BCUT2D eigenvalue weighted by atomic mass is 9.83. The number of hydrogen-bond donors (Lipinski definition) is 1. The summed E-state index contributed by atoms with van der Waals surface area (Å²) in [5.74, 6) is -0.994. The van der Waals surface area contributed by atoms with Crippen LogP contribution in [0.15, 0.2) is 30.3 Å². The number of nitrogens with one attached hydrogen (secondary N) is 1. The summed E-state index contributed by atoms with van der Waals surface area (Å²) >= 11 is 1.57. The van der Waals surface area contributed by atoms with Crippen LogP contribution < -0.4 is 5.32 Å². The Morgan fingerprint density at radius 2 is 1.71 bits per heavy atom. The predicted octanol–water partition coefficient (Wildman–Crippen LogP) is 2.75. The van der Waals surface area contributed by atoms with Gasteiger partial charge < -0.3 is 19.5 Å². The van der Waals surface area contributed by atoms with Crippen molar-refractivity contribution >= 4 is 29.6 Å². The quantitative estimate of drug-likeness (QED) is 0.470. The second kappa shape index (κ2) is 12.6. The molecule has 1 aromatic carbocycles. The van der Waals surface area contributed by atoms with Crippen LogP contribution in [0.2, 0.25) is 0 Å². The van der Waals surface area contributed by atoms with Crippen LogP contribution in [-0.2, 0) is 34.2 Å².